The Morgan fingerprint density at radius 3 is 2.14 bits per heavy atom. The van der Waals surface area contributed by atoms with Crippen molar-refractivity contribution in [1.82, 2.24) is 10.2 Å². The Morgan fingerprint density at radius 2 is 1.62 bits per heavy atom. The first-order chi connectivity index (χ1) is 9.79. The van der Waals surface area contributed by atoms with Gasteiger partial charge in [-0.3, -0.25) is 0 Å². The maximum Gasteiger partial charge on any atom is 0.192 e. The summed E-state index contributed by atoms with van der Waals surface area (Å²) in [6.07, 6.45) is 3.49. The highest BCUT2D eigenvalue weighted by Crippen LogP contribution is 2.37. The minimum Gasteiger partial charge on any atom is -0.413 e. The SMILES string of the molecule is CC(C)(C)[Si](C)(C)OCc1ccc(-c2ccnnc2)cc1. The van der Waals surface area contributed by atoms with Crippen molar-refractivity contribution in [1.29, 1.82) is 0 Å². The Balaban J connectivity index is 2.04. The number of nitrogens with zero attached hydrogens (tertiary/aromatic N) is 2. The second-order valence-corrected chi connectivity index (χ2v) is 11.7. The lowest BCUT2D eigenvalue weighted by Crippen LogP contribution is -2.40. The summed E-state index contributed by atoms with van der Waals surface area (Å²) in [4.78, 5) is 0. The maximum absolute atomic E-state index is 6.24. The molecule has 0 unspecified atom stereocenters. The van der Waals surface area contributed by atoms with Gasteiger partial charge in [-0.1, -0.05) is 45.0 Å². The summed E-state index contributed by atoms with van der Waals surface area (Å²) in [7, 11) is -1.68. The van der Waals surface area contributed by atoms with Gasteiger partial charge in [-0.15, -0.1) is 0 Å². The van der Waals surface area contributed by atoms with Crippen molar-refractivity contribution in [2.75, 3.05) is 0 Å². The van der Waals surface area contributed by atoms with Gasteiger partial charge in [0.25, 0.3) is 0 Å². The molecule has 0 aliphatic carbocycles. The molecule has 1 aromatic heterocycles. The zero-order valence-corrected chi connectivity index (χ0v) is 14.6. The van der Waals surface area contributed by atoms with E-state index in [-0.39, 0.29) is 5.04 Å². The van der Waals surface area contributed by atoms with E-state index in [1.807, 2.05) is 6.07 Å². The molecule has 1 aromatic carbocycles. The molecular weight excluding hydrogens is 276 g/mol. The molecule has 3 nitrogen and oxygen atoms in total. The minimum absolute atomic E-state index is 0.246. The fourth-order valence-electron chi connectivity index (χ4n) is 1.74. The van der Waals surface area contributed by atoms with Gasteiger partial charge in [-0.2, -0.15) is 10.2 Å². The van der Waals surface area contributed by atoms with Crippen molar-refractivity contribution >= 4 is 8.32 Å². The molecule has 0 amide bonds. The van der Waals surface area contributed by atoms with Gasteiger partial charge in [-0.25, -0.2) is 0 Å². The minimum atomic E-state index is -1.68. The highest BCUT2D eigenvalue weighted by Gasteiger charge is 2.36. The van der Waals surface area contributed by atoms with Crippen molar-refractivity contribution in [3.63, 3.8) is 0 Å². The Kier molecular flexibility index (Phi) is 4.59. The largest absolute Gasteiger partial charge is 0.413 e. The van der Waals surface area contributed by atoms with E-state index in [1.54, 1.807) is 12.4 Å². The van der Waals surface area contributed by atoms with E-state index in [0.29, 0.717) is 6.61 Å². The summed E-state index contributed by atoms with van der Waals surface area (Å²) < 4.78 is 6.24. The Hall–Kier alpha value is -1.52. The van der Waals surface area contributed by atoms with Crippen LogP contribution < -0.4 is 0 Å². The Labute approximate surface area is 128 Å². The molecule has 0 N–H and O–H groups in total. The highest BCUT2D eigenvalue weighted by molar-refractivity contribution is 6.74. The van der Waals surface area contributed by atoms with Gasteiger partial charge >= 0.3 is 0 Å². The molecule has 0 atom stereocenters. The summed E-state index contributed by atoms with van der Waals surface area (Å²) in [5, 5.41) is 7.96. The van der Waals surface area contributed by atoms with E-state index in [4.69, 9.17) is 4.43 Å². The van der Waals surface area contributed by atoms with Gasteiger partial charge in [0.2, 0.25) is 0 Å². The molecule has 0 radical (unpaired) electrons. The zero-order valence-electron chi connectivity index (χ0n) is 13.6. The number of hydrogen-bond donors (Lipinski definition) is 0. The summed E-state index contributed by atoms with van der Waals surface area (Å²) in [6.45, 7) is 12.0. The topological polar surface area (TPSA) is 35.0 Å². The summed E-state index contributed by atoms with van der Waals surface area (Å²) in [6, 6.07) is 10.4. The van der Waals surface area contributed by atoms with Gasteiger partial charge in [0.1, 0.15) is 0 Å². The van der Waals surface area contributed by atoms with Crippen LogP contribution >= 0.6 is 0 Å². The fourth-order valence-corrected chi connectivity index (χ4v) is 2.70. The molecular formula is C17H24N2OSi. The lowest BCUT2D eigenvalue weighted by molar-refractivity contribution is 0.276. The molecule has 112 valence electrons. The molecule has 4 heteroatoms. The van der Waals surface area contributed by atoms with Crippen LogP contribution in [-0.4, -0.2) is 18.5 Å². The number of hydrogen-bond acceptors (Lipinski definition) is 3. The highest BCUT2D eigenvalue weighted by atomic mass is 28.4. The summed E-state index contributed by atoms with van der Waals surface area (Å²) >= 11 is 0. The molecule has 0 aliphatic heterocycles. The Bertz CT molecular complexity index is 574. The number of aromatic nitrogens is 2. The first-order valence-corrected chi connectivity index (χ1v) is 10.2. The smallest absolute Gasteiger partial charge is 0.192 e. The van der Waals surface area contributed by atoms with Crippen molar-refractivity contribution in [3.05, 3.63) is 48.3 Å². The van der Waals surface area contributed by atoms with E-state index in [9.17, 15) is 0 Å². The van der Waals surface area contributed by atoms with Crippen LogP contribution in [0.3, 0.4) is 0 Å². The predicted molar refractivity (Wildman–Crippen MR) is 89.5 cm³/mol. The van der Waals surface area contributed by atoms with Gasteiger partial charge < -0.3 is 4.43 Å². The average Bonchev–Trinajstić information content (AvgIpc) is 2.45. The zero-order chi connectivity index (χ0) is 15.5. The number of rotatable bonds is 4. The van der Waals surface area contributed by atoms with Gasteiger partial charge in [-0.05, 0) is 35.3 Å². The van der Waals surface area contributed by atoms with Crippen molar-refractivity contribution in [2.45, 2.75) is 45.5 Å². The van der Waals surface area contributed by atoms with Crippen molar-refractivity contribution < 1.29 is 4.43 Å². The first kappa shape index (κ1) is 15.9. The fraction of sp³-hybridized carbons (Fsp3) is 0.412. The second kappa shape index (κ2) is 6.08. The van der Waals surface area contributed by atoms with Crippen molar-refractivity contribution in [3.8, 4) is 11.1 Å². The van der Waals surface area contributed by atoms with Crippen LogP contribution in [0.5, 0.6) is 0 Å². The Morgan fingerprint density at radius 1 is 0.952 bits per heavy atom. The molecule has 0 fully saturated rings. The lowest BCUT2D eigenvalue weighted by Gasteiger charge is -2.36. The monoisotopic (exact) mass is 300 g/mol. The molecule has 0 aliphatic rings. The lowest BCUT2D eigenvalue weighted by atomic mass is 10.1. The van der Waals surface area contributed by atoms with E-state index < -0.39 is 8.32 Å². The third kappa shape index (κ3) is 3.99. The molecule has 0 spiro atoms. The van der Waals surface area contributed by atoms with Crippen molar-refractivity contribution in [2.24, 2.45) is 0 Å². The standard InChI is InChI=1S/C17H24N2OSi/c1-17(2,3)21(4,5)20-13-14-6-8-15(9-7-14)16-10-11-18-19-12-16/h6-12H,13H2,1-5H3. The second-order valence-electron chi connectivity index (χ2n) is 6.88. The average molecular weight is 300 g/mol. The van der Waals surface area contributed by atoms with Gasteiger partial charge in [0.05, 0.1) is 19.0 Å². The molecule has 0 saturated carbocycles. The summed E-state index contributed by atoms with van der Waals surface area (Å²) in [5.74, 6) is 0. The number of benzene rings is 1. The summed E-state index contributed by atoms with van der Waals surface area (Å²) in [5.41, 5.74) is 3.45. The van der Waals surface area contributed by atoms with E-state index in [2.05, 4.69) is 68.3 Å². The molecule has 2 aromatic rings. The first-order valence-electron chi connectivity index (χ1n) is 7.29. The molecule has 21 heavy (non-hydrogen) atoms. The molecule has 2 rings (SSSR count). The molecule has 1 heterocycles. The maximum atomic E-state index is 6.24. The third-order valence-corrected chi connectivity index (χ3v) is 8.76. The van der Waals surface area contributed by atoms with Crippen LogP contribution in [0.2, 0.25) is 18.1 Å². The molecule has 0 saturated heterocycles. The third-order valence-electron chi connectivity index (χ3n) is 4.28. The van der Waals surface area contributed by atoms with E-state index >= 15 is 0 Å². The van der Waals surface area contributed by atoms with Crippen LogP contribution in [0, 0.1) is 0 Å². The van der Waals surface area contributed by atoms with E-state index in [1.165, 1.54) is 5.56 Å². The van der Waals surface area contributed by atoms with Crippen LogP contribution in [0.15, 0.2) is 42.7 Å². The quantitative estimate of drug-likeness (QED) is 0.770. The van der Waals surface area contributed by atoms with Gasteiger partial charge in [0, 0.05) is 5.56 Å². The van der Waals surface area contributed by atoms with Crippen LogP contribution in [-0.2, 0) is 11.0 Å². The van der Waals surface area contributed by atoms with Crippen LogP contribution in [0.25, 0.3) is 11.1 Å². The normalized spacial score (nSPS) is 12.4. The predicted octanol–water partition coefficient (Wildman–Crippen LogP) is 4.67. The van der Waals surface area contributed by atoms with Crippen LogP contribution in [0.1, 0.15) is 26.3 Å². The van der Waals surface area contributed by atoms with Gasteiger partial charge in [0.15, 0.2) is 8.32 Å². The van der Waals surface area contributed by atoms with E-state index in [0.717, 1.165) is 11.1 Å². The molecule has 0 bridgehead atoms. The van der Waals surface area contributed by atoms with Crippen LogP contribution in [0.4, 0.5) is 0 Å².